The second-order valence-electron chi connectivity index (χ2n) is 10.0. The van der Waals surface area contributed by atoms with Crippen molar-refractivity contribution < 1.29 is 0 Å². The van der Waals surface area contributed by atoms with Gasteiger partial charge in [0, 0.05) is 53.9 Å². The molecule has 0 atom stereocenters. The van der Waals surface area contributed by atoms with Crippen LogP contribution in [0, 0.1) is 0 Å². The molecule has 0 fully saturated rings. The van der Waals surface area contributed by atoms with E-state index in [2.05, 4.69) is 98.8 Å². The van der Waals surface area contributed by atoms with Crippen molar-refractivity contribution >= 4 is 32.3 Å². The highest BCUT2D eigenvalue weighted by atomic mass is 14.8. The van der Waals surface area contributed by atoms with Gasteiger partial charge in [-0.05, 0) is 84.9 Å². The molecule has 8 aromatic rings. The van der Waals surface area contributed by atoms with Crippen LogP contribution in [0.25, 0.3) is 77.0 Å². The summed E-state index contributed by atoms with van der Waals surface area (Å²) >= 11 is 0. The highest BCUT2D eigenvalue weighted by Gasteiger charge is 2.16. The summed E-state index contributed by atoms with van der Waals surface area (Å²) in [6.45, 7) is 0. The number of hydrogen-bond acceptors (Lipinski definition) is 4. The first-order valence-electron chi connectivity index (χ1n) is 13.3. The summed E-state index contributed by atoms with van der Waals surface area (Å²) < 4.78 is 0. The fourth-order valence-corrected chi connectivity index (χ4v) is 5.90. The van der Waals surface area contributed by atoms with Crippen molar-refractivity contribution in [3.05, 3.63) is 134 Å². The summed E-state index contributed by atoms with van der Waals surface area (Å²) in [6.07, 6.45) is 12.8. The predicted molar refractivity (Wildman–Crippen MR) is 163 cm³/mol. The van der Waals surface area contributed by atoms with Crippen molar-refractivity contribution in [2.24, 2.45) is 0 Å². The molecule has 3 heterocycles. The summed E-state index contributed by atoms with van der Waals surface area (Å²) in [5, 5.41) is 7.40. The lowest BCUT2D eigenvalue weighted by atomic mass is 9.87. The first kappa shape index (κ1) is 22.5. The van der Waals surface area contributed by atoms with Gasteiger partial charge in [0.15, 0.2) is 0 Å². The minimum atomic E-state index is 0.881. The van der Waals surface area contributed by atoms with Crippen LogP contribution in [0.1, 0.15) is 0 Å². The zero-order valence-corrected chi connectivity index (χ0v) is 21.5. The molecule has 0 aliphatic carbocycles. The predicted octanol–water partition coefficient (Wildman–Crippen LogP) is 8.83. The van der Waals surface area contributed by atoms with E-state index in [9.17, 15) is 0 Å². The summed E-state index contributed by atoms with van der Waals surface area (Å²) in [7, 11) is 0. The lowest BCUT2D eigenvalue weighted by molar-refractivity contribution is 1.21. The van der Waals surface area contributed by atoms with Crippen LogP contribution in [0.2, 0.25) is 0 Å². The Labute approximate surface area is 231 Å². The molecule has 0 saturated heterocycles. The smallest absolute Gasteiger partial charge is 0.0891 e. The van der Waals surface area contributed by atoms with E-state index >= 15 is 0 Å². The van der Waals surface area contributed by atoms with Crippen LogP contribution in [0.3, 0.4) is 0 Å². The molecule has 186 valence electrons. The Morgan fingerprint density at radius 1 is 0.400 bits per heavy atom. The van der Waals surface area contributed by atoms with Crippen molar-refractivity contribution in [3.63, 3.8) is 0 Å². The van der Waals surface area contributed by atoms with Crippen molar-refractivity contribution in [2.75, 3.05) is 0 Å². The van der Waals surface area contributed by atoms with Crippen molar-refractivity contribution in [2.45, 2.75) is 0 Å². The average Bonchev–Trinajstić information content (AvgIpc) is 3.04. The molecule has 0 N–H and O–H groups in total. The van der Waals surface area contributed by atoms with Crippen LogP contribution in [-0.2, 0) is 0 Å². The number of pyridine rings is 2. The van der Waals surface area contributed by atoms with Gasteiger partial charge in [-0.2, -0.15) is 0 Å². The second kappa shape index (κ2) is 9.07. The van der Waals surface area contributed by atoms with Gasteiger partial charge < -0.3 is 0 Å². The lowest BCUT2D eigenvalue weighted by Crippen LogP contribution is -1.92. The maximum absolute atomic E-state index is 4.60. The Morgan fingerprint density at radius 3 is 1.52 bits per heavy atom. The molecule has 4 heteroatoms. The topological polar surface area (TPSA) is 51.6 Å². The number of benzene rings is 5. The molecule has 5 aromatic carbocycles. The third kappa shape index (κ3) is 3.62. The Morgan fingerprint density at radius 2 is 0.950 bits per heavy atom. The van der Waals surface area contributed by atoms with Gasteiger partial charge in [-0.15, -0.1) is 0 Å². The molecule has 0 radical (unpaired) electrons. The monoisotopic (exact) mass is 510 g/mol. The molecule has 0 bridgehead atoms. The van der Waals surface area contributed by atoms with Crippen molar-refractivity contribution in [3.8, 4) is 44.6 Å². The highest BCUT2D eigenvalue weighted by Crippen LogP contribution is 2.43. The normalized spacial score (nSPS) is 11.5. The first-order chi connectivity index (χ1) is 19.8. The van der Waals surface area contributed by atoms with E-state index in [-0.39, 0.29) is 0 Å². The molecule has 3 aromatic heterocycles. The molecule has 0 amide bonds. The van der Waals surface area contributed by atoms with Gasteiger partial charge in [0.25, 0.3) is 0 Å². The SMILES string of the molecule is c1cncc(-c2cc(-c3cccnc3)cc(-c3ccc4ccc5c(-c6cnccn6)ccc6ccc3c4c65)c2)c1. The van der Waals surface area contributed by atoms with Crippen LogP contribution in [0.4, 0.5) is 0 Å². The Hall–Kier alpha value is -5.48. The molecule has 8 rings (SSSR count). The molecule has 0 aliphatic rings. The van der Waals surface area contributed by atoms with Crippen molar-refractivity contribution in [1.29, 1.82) is 0 Å². The average molecular weight is 511 g/mol. The Bertz CT molecular complexity index is 2080. The largest absolute Gasteiger partial charge is 0.264 e. The van der Waals surface area contributed by atoms with Crippen molar-refractivity contribution in [1.82, 2.24) is 19.9 Å². The summed E-state index contributed by atoms with van der Waals surface area (Å²) in [5.41, 5.74) is 8.75. The van der Waals surface area contributed by atoms with Crippen LogP contribution >= 0.6 is 0 Å². The van der Waals surface area contributed by atoms with Gasteiger partial charge in [0.1, 0.15) is 0 Å². The molecule has 0 spiro atoms. The van der Waals surface area contributed by atoms with E-state index in [4.69, 9.17) is 0 Å². The summed E-state index contributed by atoms with van der Waals surface area (Å²) in [6, 6.07) is 32.7. The van der Waals surface area contributed by atoms with E-state index in [0.717, 1.165) is 39.1 Å². The number of aromatic nitrogens is 4. The first-order valence-corrected chi connectivity index (χ1v) is 13.3. The molecule has 40 heavy (non-hydrogen) atoms. The molecular formula is C36H22N4. The zero-order chi connectivity index (χ0) is 26.5. The standard InChI is InChI=1S/C36H22N4/c1-3-25(20-37-13-1)27-17-28(26-4-2-14-38-21-26)19-29(18-27)30-9-5-23-8-12-33-31(34-22-39-15-16-40-34)10-6-24-7-11-32(30)35(23)36(24)33/h1-22H. The highest BCUT2D eigenvalue weighted by molar-refractivity contribution is 6.27. The van der Waals surface area contributed by atoms with Gasteiger partial charge in [-0.3, -0.25) is 19.9 Å². The molecule has 0 unspecified atom stereocenters. The molecule has 4 nitrogen and oxygen atoms in total. The minimum absolute atomic E-state index is 0.881. The third-order valence-electron chi connectivity index (χ3n) is 7.74. The van der Waals surface area contributed by atoms with Crippen LogP contribution < -0.4 is 0 Å². The molecule has 0 saturated carbocycles. The van der Waals surface area contributed by atoms with E-state index in [1.807, 2.05) is 43.1 Å². The van der Waals surface area contributed by atoms with E-state index in [1.54, 1.807) is 12.4 Å². The quantitative estimate of drug-likeness (QED) is 0.222. The van der Waals surface area contributed by atoms with E-state index in [0.29, 0.717) is 0 Å². The van der Waals surface area contributed by atoms with Gasteiger partial charge in [-0.1, -0.05) is 60.7 Å². The second-order valence-corrected chi connectivity index (χ2v) is 10.0. The number of nitrogens with zero attached hydrogens (tertiary/aromatic N) is 4. The lowest BCUT2D eigenvalue weighted by Gasteiger charge is -2.17. The van der Waals surface area contributed by atoms with Gasteiger partial charge >= 0.3 is 0 Å². The van der Waals surface area contributed by atoms with E-state index in [1.165, 1.54) is 37.9 Å². The fourth-order valence-electron chi connectivity index (χ4n) is 5.90. The maximum Gasteiger partial charge on any atom is 0.0891 e. The zero-order valence-electron chi connectivity index (χ0n) is 21.5. The van der Waals surface area contributed by atoms with Gasteiger partial charge in [0.2, 0.25) is 0 Å². The fraction of sp³-hybridized carbons (Fsp3) is 0. The Kier molecular flexibility index (Phi) is 5.10. The summed E-state index contributed by atoms with van der Waals surface area (Å²) in [4.78, 5) is 17.7. The van der Waals surface area contributed by atoms with E-state index < -0.39 is 0 Å². The van der Waals surface area contributed by atoms with Crippen LogP contribution in [-0.4, -0.2) is 19.9 Å². The van der Waals surface area contributed by atoms with Gasteiger partial charge in [-0.25, -0.2) is 0 Å². The molecule has 0 aliphatic heterocycles. The van der Waals surface area contributed by atoms with Gasteiger partial charge in [0.05, 0.1) is 11.9 Å². The minimum Gasteiger partial charge on any atom is -0.264 e. The van der Waals surface area contributed by atoms with Crippen LogP contribution in [0.5, 0.6) is 0 Å². The molecular weight excluding hydrogens is 488 g/mol. The third-order valence-corrected chi connectivity index (χ3v) is 7.74. The summed E-state index contributed by atoms with van der Waals surface area (Å²) in [5.74, 6) is 0. The number of hydrogen-bond donors (Lipinski definition) is 0. The van der Waals surface area contributed by atoms with Crippen LogP contribution in [0.15, 0.2) is 134 Å². The Balaban J connectivity index is 1.41. The number of rotatable bonds is 4. The maximum atomic E-state index is 4.60.